The van der Waals surface area contributed by atoms with Gasteiger partial charge in [0.1, 0.15) is 12.0 Å². The molecule has 0 N–H and O–H groups in total. The molecule has 1 radical (unpaired) electrons. The minimum absolute atomic E-state index is 0.154. The number of hydrogen-bond donors (Lipinski definition) is 0. The second-order valence-electron chi connectivity index (χ2n) is 6.43. The number of fused-ring (bicyclic) bond motifs is 1. The Labute approximate surface area is 140 Å². The molecule has 3 aromatic rings. The van der Waals surface area contributed by atoms with E-state index >= 15 is 0 Å². The van der Waals surface area contributed by atoms with E-state index in [1.54, 1.807) is 10.9 Å². The van der Waals surface area contributed by atoms with E-state index in [1.807, 2.05) is 29.3 Å². The fourth-order valence-electron chi connectivity index (χ4n) is 3.79. The topological polar surface area (TPSA) is 72.3 Å². The average molecular weight is 319 g/mol. The summed E-state index contributed by atoms with van der Waals surface area (Å²) in [4.78, 5) is 8.72. The summed E-state index contributed by atoms with van der Waals surface area (Å²) in [6.07, 6.45) is 12.7. The van der Waals surface area contributed by atoms with Gasteiger partial charge in [0.2, 0.25) is 0 Å². The van der Waals surface area contributed by atoms with Crippen LogP contribution in [-0.2, 0) is 0 Å². The first-order valence-corrected chi connectivity index (χ1v) is 8.32. The van der Waals surface area contributed by atoms with Gasteiger partial charge in [0.15, 0.2) is 0 Å². The normalized spacial score (nSPS) is 16.5. The molecule has 3 heterocycles. The zero-order chi connectivity index (χ0) is 16.5. The first kappa shape index (κ1) is 14.9. The van der Waals surface area contributed by atoms with Gasteiger partial charge < -0.3 is 4.57 Å². The fraction of sp³-hybridized carbons (Fsp3) is 0.389. The number of hydrogen-bond acceptors (Lipinski definition) is 4. The maximum Gasteiger partial charge on any atom is 0.143 e. The van der Waals surface area contributed by atoms with Gasteiger partial charge in [-0.15, -0.1) is 0 Å². The highest BCUT2D eigenvalue weighted by atomic mass is 15.3. The third-order valence-corrected chi connectivity index (χ3v) is 5.02. The van der Waals surface area contributed by atoms with Crippen LogP contribution >= 0.6 is 0 Å². The van der Waals surface area contributed by atoms with E-state index in [1.165, 1.54) is 25.7 Å². The van der Waals surface area contributed by atoms with Crippen LogP contribution < -0.4 is 0 Å². The summed E-state index contributed by atoms with van der Waals surface area (Å²) in [5, 5.41) is 14.7. The van der Waals surface area contributed by atoms with Crippen molar-refractivity contribution < 1.29 is 0 Å². The first-order chi connectivity index (χ1) is 11.8. The van der Waals surface area contributed by atoms with Gasteiger partial charge in [-0.1, -0.05) is 12.8 Å². The Morgan fingerprint density at radius 2 is 2.17 bits per heavy atom. The zero-order valence-corrected chi connectivity index (χ0v) is 13.5. The predicted molar refractivity (Wildman–Crippen MR) is 90.7 cm³/mol. The van der Waals surface area contributed by atoms with Crippen LogP contribution in [0.15, 0.2) is 31.0 Å². The van der Waals surface area contributed by atoms with Crippen molar-refractivity contribution in [3.63, 3.8) is 0 Å². The van der Waals surface area contributed by atoms with Crippen LogP contribution in [0.1, 0.15) is 38.1 Å². The van der Waals surface area contributed by atoms with Gasteiger partial charge in [-0.2, -0.15) is 10.4 Å². The molecule has 0 bridgehead atoms. The average Bonchev–Trinajstić information content (AvgIpc) is 3.34. The minimum Gasteiger partial charge on any atom is -0.331 e. The molecular formula is C18H19N6. The van der Waals surface area contributed by atoms with Crippen LogP contribution in [0.5, 0.6) is 0 Å². The summed E-state index contributed by atoms with van der Waals surface area (Å²) < 4.78 is 3.70. The molecule has 6 heteroatoms. The Hall–Kier alpha value is -2.68. The third-order valence-electron chi connectivity index (χ3n) is 5.02. The van der Waals surface area contributed by atoms with E-state index in [-0.39, 0.29) is 6.04 Å². The van der Waals surface area contributed by atoms with Gasteiger partial charge in [-0.3, -0.25) is 4.68 Å². The lowest BCUT2D eigenvalue weighted by Crippen LogP contribution is -2.17. The summed E-state index contributed by atoms with van der Waals surface area (Å²) in [5.41, 5.74) is 2.61. The number of rotatable bonds is 4. The van der Waals surface area contributed by atoms with E-state index in [0.717, 1.165) is 22.3 Å². The maximum atomic E-state index is 9.20. The highest BCUT2D eigenvalue weighted by molar-refractivity contribution is 5.90. The molecule has 0 aromatic carbocycles. The van der Waals surface area contributed by atoms with Crippen LogP contribution in [0.4, 0.5) is 0 Å². The van der Waals surface area contributed by atoms with E-state index in [0.29, 0.717) is 12.3 Å². The van der Waals surface area contributed by atoms with Gasteiger partial charge in [0.25, 0.3) is 0 Å². The molecule has 6 nitrogen and oxygen atoms in total. The van der Waals surface area contributed by atoms with E-state index in [2.05, 4.69) is 28.2 Å². The van der Waals surface area contributed by atoms with Crippen molar-refractivity contribution >= 4 is 11.0 Å². The molecule has 0 spiro atoms. The molecule has 1 aliphatic rings. The van der Waals surface area contributed by atoms with Gasteiger partial charge in [0, 0.05) is 30.4 Å². The summed E-state index contributed by atoms with van der Waals surface area (Å²) in [6, 6.07) is 4.45. The Balaban J connectivity index is 1.72. The van der Waals surface area contributed by atoms with Crippen molar-refractivity contribution in [3.05, 3.63) is 38.0 Å². The van der Waals surface area contributed by atoms with Crippen LogP contribution in [0.25, 0.3) is 22.3 Å². The second-order valence-corrected chi connectivity index (χ2v) is 6.43. The summed E-state index contributed by atoms with van der Waals surface area (Å²) in [5.74, 6) is 0.545. The predicted octanol–water partition coefficient (Wildman–Crippen LogP) is 3.58. The van der Waals surface area contributed by atoms with E-state index in [4.69, 9.17) is 0 Å². The number of nitrogens with zero attached hydrogens (tertiary/aromatic N) is 6. The molecule has 3 aromatic heterocycles. The first-order valence-electron chi connectivity index (χ1n) is 8.32. The standard InChI is InChI=1S/C18H19N6/c1-23-9-7-15-17(20-12-21-18(15)23)14-10-22-24(11-14)16(6-8-19)13-4-2-3-5-13/h7,9-13,16H,1-6H2/t16-/m1/s1. The smallest absolute Gasteiger partial charge is 0.143 e. The molecular weight excluding hydrogens is 300 g/mol. The Morgan fingerprint density at radius 1 is 1.33 bits per heavy atom. The van der Waals surface area contributed by atoms with Gasteiger partial charge in [-0.25, -0.2) is 9.97 Å². The lowest BCUT2D eigenvalue weighted by atomic mass is 9.96. The minimum atomic E-state index is 0.154. The molecule has 0 amide bonds. The van der Waals surface area contributed by atoms with Crippen LogP contribution in [-0.4, -0.2) is 24.3 Å². The molecule has 24 heavy (non-hydrogen) atoms. The SMILES string of the molecule is [CH2]n1ccc2c(-c3cnn([C@H](CC#N)C4CCCC4)c3)ncnc21. The summed E-state index contributed by atoms with van der Waals surface area (Å²) >= 11 is 0. The zero-order valence-electron chi connectivity index (χ0n) is 13.5. The number of aromatic nitrogens is 5. The van der Waals surface area contributed by atoms with Gasteiger partial charge in [0.05, 0.1) is 30.4 Å². The Kier molecular flexibility index (Phi) is 3.77. The lowest BCUT2D eigenvalue weighted by Gasteiger charge is -2.21. The van der Waals surface area contributed by atoms with Crippen LogP contribution in [0, 0.1) is 24.3 Å². The van der Waals surface area contributed by atoms with E-state index in [9.17, 15) is 5.26 Å². The molecule has 0 saturated heterocycles. The molecule has 0 aliphatic heterocycles. The van der Waals surface area contributed by atoms with Crippen LogP contribution in [0.2, 0.25) is 0 Å². The maximum absolute atomic E-state index is 9.20. The number of nitriles is 1. The van der Waals surface area contributed by atoms with Gasteiger partial charge >= 0.3 is 0 Å². The molecule has 1 saturated carbocycles. The van der Waals surface area contributed by atoms with Crippen molar-refractivity contribution in [2.45, 2.75) is 38.1 Å². The van der Waals surface area contributed by atoms with Crippen LogP contribution in [0.3, 0.4) is 0 Å². The van der Waals surface area contributed by atoms with Crippen molar-refractivity contribution in [1.82, 2.24) is 24.3 Å². The van der Waals surface area contributed by atoms with Crippen molar-refractivity contribution in [2.75, 3.05) is 0 Å². The molecule has 1 atom stereocenters. The molecule has 4 rings (SSSR count). The molecule has 1 aliphatic carbocycles. The lowest BCUT2D eigenvalue weighted by molar-refractivity contribution is 0.315. The second kappa shape index (κ2) is 6.08. The third kappa shape index (κ3) is 2.46. The van der Waals surface area contributed by atoms with Crippen molar-refractivity contribution in [2.24, 2.45) is 5.92 Å². The Bertz CT molecular complexity index is 894. The monoisotopic (exact) mass is 319 g/mol. The molecule has 0 unspecified atom stereocenters. The largest absolute Gasteiger partial charge is 0.331 e. The highest BCUT2D eigenvalue weighted by Gasteiger charge is 2.27. The van der Waals surface area contributed by atoms with E-state index < -0.39 is 0 Å². The van der Waals surface area contributed by atoms with Crippen molar-refractivity contribution in [3.8, 4) is 17.3 Å². The summed E-state index contributed by atoms with van der Waals surface area (Å²) in [7, 11) is 3.92. The van der Waals surface area contributed by atoms with Crippen molar-refractivity contribution in [1.29, 1.82) is 5.26 Å². The quantitative estimate of drug-likeness (QED) is 0.737. The highest BCUT2D eigenvalue weighted by Crippen LogP contribution is 2.36. The Morgan fingerprint density at radius 3 is 2.96 bits per heavy atom. The summed E-state index contributed by atoms with van der Waals surface area (Å²) in [6.45, 7) is 0. The molecule has 121 valence electrons. The molecule has 1 fully saturated rings. The van der Waals surface area contributed by atoms with Gasteiger partial charge in [-0.05, 0) is 24.8 Å². The fourth-order valence-corrected chi connectivity index (χ4v) is 3.79.